The summed E-state index contributed by atoms with van der Waals surface area (Å²) in [6.07, 6.45) is 2.37. The molecule has 4 nitrogen and oxygen atoms in total. The Morgan fingerprint density at radius 3 is 3.07 bits per heavy atom. The highest BCUT2D eigenvalue weighted by Gasteiger charge is 2.13. The van der Waals surface area contributed by atoms with Crippen molar-refractivity contribution in [3.63, 3.8) is 0 Å². The number of aryl methyl sites for hydroxylation is 1. The molecule has 1 saturated heterocycles. The predicted octanol–water partition coefficient (Wildman–Crippen LogP) is 1.16. The minimum absolute atomic E-state index is 0.631. The monoisotopic (exact) mass is 207 g/mol. The van der Waals surface area contributed by atoms with Gasteiger partial charge in [0.15, 0.2) is 0 Å². The van der Waals surface area contributed by atoms with Crippen LogP contribution in [0.1, 0.15) is 18.5 Å². The second kappa shape index (κ2) is 5.07. The fourth-order valence-corrected chi connectivity index (χ4v) is 1.75. The van der Waals surface area contributed by atoms with Crippen molar-refractivity contribution in [2.75, 3.05) is 19.7 Å². The summed E-state index contributed by atoms with van der Waals surface area (Å²) in [5.74, 6) is 1.40. The summed E-state index contributed by atoms with van der Waals surface area (Å²) < 4.78 is 5.52. The smallest absolute Gasteiger partial charge is 0.233 e. The number of nitrogens with one attached hydrogen (secondary N) is 1. The van der Waals surface area contributed by atoms with Crippen molar-refractivity contribution in [2.45, 2.75) is 19.8 Å². The Morgan fingerprint density at radius 1 is 1.47 bits per heavy atom. The van der Waals surface area contributed by atoms with Gasteiger partial charge in [-0.15, -0.1) is 5.10 Å². The Labute approximate surface area is 90.1 Å². The minimum Gasteiger partial charge on any atom is -0.477 e. The maximum atomic E-state index is 5.52. The Bertz CT molecular complexity index is 293. The number of ether oxygens (including phenoxy) is 1. The van der Waals surface area contributed by atoms with Crippen LogP contribution in [-0.4, -0.2) is 29.9 Å². The highest BCUT2D eigenvalue weighted by Crippen LogP contribution is 2.13. The van der Waals surface area contributed by atoms with Gasteiger partial charge in [0.2, 0.25) is 5.88 Å². The molecular formula is C11H17N3O. The molecule has 0 radical (unpaired) electrons. The Hall–Kier alpha value is -1.16. The lowest BCUT2D eigenvalue weighted by atomic mass is 10.1. The fraction of sp³-hybridized carbons (Fsp3) is 0.636. The van der Waals surface area contributed by atoms with Crippen LogP contribution in [0.25, 0.3) is 0 Å². The van der Waals surface area contributed by atoms with Gasteiger partial charge in [-0.2, -0.15) is 5.10 Å². The van der Waals surface area contributed by atoms with E-state index in [-0.39, 0.29) is 0 Å². The van der Waals surface area contributed by atoms with Gasteiger partial charge in [0.1, 0.15) is 0 Å². The van der Waals surface area contributed by atoms with E-state index in [1.54, 1.807) is 0 Å². The van der Waals surface area contributed by atoms with Gasteiger partial charge in [0.25, 0.3) is 0 Å². The van der Waals surface area contributed by atoms with Crippen LogP contribution < -0.4 is 10.1 Å². The zero-order valence-electron chi connectivity index (χ0n) is 9.07. The standard InChI is InChI=1S/C11H17N3O/c1-9-2-3-11(14-13-9)15-7-5-10-4-6-12-8-10/h2-3,10,12H,4-8H2,1H3. The lowest BCUT2D eigenvalue weighted by Gasteiger charge is -2.08. The van der Waals surface area contributed by atoms with Crippen molar-refractivity contribution in [2.24, 2.45) is 5.92 Å². The molecule has 1 fully saturated rings. The lowest BCUT2D eigenvalue weighted by Crippen LogP contribution is -2.12. The van der Waals surface area contributed by atoms with Crippen LogP contribution in [0.15, 0.2) is 12.1 Å². The van der Waals surface area contributed by atoms with Crippen molar-refractivity contribution < 1.29 is 4.74 Å². The zero-order chi connectivity index (χ0) is 10.5. The molecule has 15 heavy (non-hydrogen) atoms. The summed E-state index contributed by atoms with van der Waals surface area (Å²) in [6.45, 7) is 4.93. The van der Waals surface area contributed by atoms with Crippen molar-refractivity contribution in [3.8, 4) is 5.88 Å². The molecule has 1 atom stereocenters. The molecule has 4 heteroatoms. The van der Waals surface area contributed by atoms with E-state index in [2.05, 4.69) is 15.5 Å². The minimum atomic E-state index is 0.631. The SMILES string of the molecule is Cc1ccc(OCCC2CCNC2)nn1. The van der Waals surface area contributed by atoms with Gasteiger partial charge in [-0.25, -0.2) is 0 Å². The van der Waals surface area contributed by atoms with Gasteiger partial charge in [-0.3, -0.25) is 0 Å². The molecule has 0 saturated carbocycles. The molecule has 1 aromatic rings. The van der Waals surface area contributed by atoms with E-state index in [4.69, 9.17) is 4.74 Å². The number of rotatable bonds is 4. The van der Waals surface area contributed by atoms with Crippen LogP contribution in [0, 0.1) is 12.8 Å². The van der Waals surface area contributed by atoms with Crippen LogP contribution in [0.3, 0.4) is 0 Å². The summed E-state index contributed by atoms with van der Waals surface area (Å²) in [7, 11) is 0. The largest absolute Gasteiger partial charge is 0.477 e. The van der Waals surface area contributed by atoms with E-state index in [1.807, 2.05) is 19.1 Å². The van der Waals surface area contributed by atoms with Gasteiger partial charge >= 0.3 is 0 Å². The fourth-order valence-electron chi connectivity index (χ4n) is 1.75. The van der Waals surface area contributed by atoms with Crippen LogP contribution in [0.4, 0.5) is 0 Å². The van der Waals surface area contributed by atoms with Crippen LogP contribution >= 0.6 is 0 Å². The van der Waals surface area contributed by atoms with E-state index in [0.29, 0.717) is 5.88 Å². The number of hydrogen-bond donors (Lipinski definition) is 1. The number of hydrogen-bond acceptors (Lipinski definition) is 4. The average Bonchev–Trinajstić information content (AvgIpc) is 2.74. The second-order valence-corrected chi connectivity index (χ2v) is 4.01. The van der Waals surface area contributed by atoms with Crippen molar-refractivity contribution in [1.82, 2.24) is 15.5 Å². The van der Waals surface area contributed by atoms with Crippen LogP contribution in [-0.2, 0) is 0 Å². The van der Waals surface area contributed by atoms with Gasteiger partial charge in [-0.05, 0) is 44.8 Å². The Kier molecular flexibility index (Phi) is 3.50. The first-order valence-electron chi connectivity index (χ1n) is 5.48. The highest BCUT2D eigenvalue weighted by atomic mass is 16.5. The maximum Gasteiger partial charge on any atom is 0.233 e. The maximum absolute atomic E-state index is 5.52. The Morgan fingerprint density at radius 2 is 2.40 bits per heavy atom. The number of nitrogens with zero attached hydrogens (tertiary/aromatic N) is 2. The topological polar surface area (TPSA) is 47.0 Å². The third-order valence-electron chi connectivity index (χ3n) is 2.71. The molecule has 1 unspecified atom stereocenters. The summed E-state index contributed by atoms with van der Waals surface area (Å²) in [4.78, 5) is 0. The van der Waals surface area contributed by atoms with Gasteiger partial charge in [0.05, 0.1) is 12.3 Å². The Balaban J connectivity index is 1.71. The van der Waals surface area contributed by atoms with E-state index in [1.165, 1.54) is 6.42 Å². The predicted molar refractivity (Wildman–Crippen MR) is 57.9 cm³/mol. The van der Waals surface area contributed by atoms with Gasteiger partial charge < -0.3 is 10.1 Å². The molecule has 1 aliphatic heterocycles. The van der Waals surface area contributed by atoms with E-state index in [0.717, 1.165) is 37.7 Å². The molecule has 2 rings (SSSR count). The first kappa shape index (κ1) is 10.4. The summed E-state index contributed by atoms with van der Waals surface area (Å²) >= 11 is 0. The molecule has 0 amide bonds. The molecule has 1 aromatic heterocycles. The second-order valence-electron chi connectivity index (χ2n) is 4.01. The molecule has 1 aliphatic rings. The van der Waals surface area contributed by atoms with E-state index < -0.39 is 0 Å². The molecule has 2 heterocycles. The third kappa shape index (κ3) is 3.16. The summed E-state index contributed by atoms with van der Waals surface area (Å²) in [5, 5.41) is 11.2. The molecule has 0 aliphatic carbocycles. The molecule has 1 N–H and O–H groups in total. The average molecular weight is 207 g/mol. The van der Waals surface area contributed by atoms with E-state index >= 15 is 0 Å². The van der Waals surface area contributed by atoms with Crippen LogP contribution in [0.5, 0.6) is 5.88 Å². The first-order chi connectivity index (χ1) is 7.34. The lowest BCUT2D eigenvalue weighted by molar-refractivity contribution is 0.271. The highest BCUT2D eigenvalue weighted by molar-refractivity contribution is 5.10. The molecule has 0 spiro atoms. The molecule has 82 valence electrons. The van der Waals surface area contributed by atoms with Crippen LogP contribution in [0.2, 0.25) is 0 Å². The van der Waals surface area contributed by atoms with Gasteiger partial charge in [0, 0.05) is 6.07 Å². The molecular weight excluding hydrogens is 190 g/mol. The first-order valence-corrected chi connectivity index (χ1v) is 5.48. The third-order valence-corrected chi connectivity index (χ3v) is 2.71. The van der Waals surface area contributed by atoms with E-state index in [9.17, 15) is 0 Å². The summed E-state index contributed by atoms with van der Waals surface area (Å²) in [6, 6.07) is 3.79. The zero-order valence-corrected chi connectivity index (χ0v) is 9.07. The summed E-state index contributed by atoms with van der Waals surface area (Å²) in [5.41, 5.74) is 0.919. The van der Waals surface area contributed by atoms with Crippen molar-refractivity contribution in [3.05, 3.63) is 17.8 Å². The molecule has 0 aromatic carbocycles. The van der Waals surface area contributed by atoms with Crippen molar-refractivity contribution >= 4 is 0 Å². The van der Waals surface area contributed by atoms with Crippen molar-refractivity contribution in [1.29, 1.82) is 0 Å². The number of aromatic nitrogens is 2. The quantitative estimate of drug-likeness (QED) is 0.805. The normalized spacial score (nSPS) is 20.5. The molecule has 0 bridgehead atoms. The van der Waals surface area contributed by atoms with Gasteiger partial charge in [-0.1, -0.05) is 0 Å².